The Labute approximate surface area is 158 Å². The van der Waals surface area contributed by atoms with Crippen LogP contribution in [0.4, 0.5) is 5.69 Å². The molecule has 25 heavy (non-hydrogen) atoms. The van der Waals surface area contributed by atoms with Crippen molar-refractivity contribution in [2.24, 2.45) is 22.7 Å². The first-order valence-electron chi connectivity index (χ1n) is 9.59. The normalized spacial score (nSPS) is 33.2. The fourth-order valence-electron chi connectivity index (χ4n) is 6.10. The molecule has 128 valence electrons. The Morgan fingerprint density at radius 3 is 2.12 bits per heavy atom. The second kappa shape index (κ2) is 6.09. The van der Waals surface area contributed by atoms with Gasteiger partial charge in [-0.2, -0.15) is 0 Å². The molecule has 4 bridgehead atoms. The first-order valence-corrected chi connectivity index (χ1v) is 10.4. The lowest BCUT2D eigenvalue weighted by molar-refractivity contribution is -0.00518. The van der Waals surface area contributed by atoms with Gasteiger partial charge in [0.1, 0.15) is 0 Å². The molecular formula is C23H24BrN. The van der Waals surface area contributed by atoms with E-state index in [-0.39, 0.29) is 0 Å². The molecule has 4 fully saturated rings. The van der Waals surface area contributed by atoms with Crippen LogP contribution in [0.2, 0.25) is 0 Å². The molecule has 0 radical (unpaired) electrons. The topological polar surface area (TPSA) is 12.4 Å². The Morgan fingerprint density at radius 2 is 1.52 bits per heavy atom. The minimum absolute atomic E-state index is 0.487. The lowest BCUT2D eigenvalue weighted by atomic mass is 9.48. The fourth-order valence-corrected chi connectivity index (χ4v) is 6.52. The summed E-state index contributed by atoms with van der Waals surface area (Å²) in [6.45, 7) is 0. The van der Waals surface area contributed by atoms with Crippen LogP contribution >= 0.6 is 15.9 Å². The van der Waals surface area contributed by atoms with Crippen molar-refractivity contribution in [2.75, 3.05) is 0 Å². The van der Waals surface area contributed by atoms with Crippen LogP contribution in [0.3, 0.4) is 0 Å². The fraction of sp³-hybridized carbons (Fsp3) is 0.435. The summed E-state index contributed by atoms with van der Waals surface area (Å²) in [4.78, 5) is 4.66. The van der Waals surface area contributed by atoms with Crippen molar-refractivity contribution in [3.63, 3.8) is 0 Å². The zero-order valence-corrected chi connectivity index (χ0v) is 16.1. The number of benzene rings is 2. The van der Waals surface area contributed by atoms with Gasteiger partial charge in [0.2, 0.25) is 0 Å². The molecule has 0 unspecified atom stereocenters. The monoisotopic (exact) mass is 393 g/mol. The number of nitrogens with zero attached hydrogens (tertiary/aromatic N) is 1. The highest BCUT2D eigenvalue weighted by Gasteiger charge is 2.51. The first kappa shape index (κ1) is 15.8. The zero-order chi connectivity index (χ0) is 16.9. The van der Waals surface area contributed by atoms with Crippen molar-refractivity contribution in [2.45, 2.75) is 43.9 Å². The van der Waals surface area contributed by atoms with Gasteiger partial charge in [-0.05, 0) is 97.1 Å². The number of hydrogen-bond donors (Lipinski definition) is 0. The number of hydrogen-bond acceptors (Lipinski definition) is 1. The van der Waals surface area contributed by atoms with Crippen molar-refractivity contribution in [3.05, 3.63) is 64.1 Å². The van der Waals surface area contributed by atoms with Crippen LogP contribution < -0.4 is 0 Å². The molecule has 4 aliphatic rings. The molecule has 2 aromatic rings. The van der Waals surface area contributed by atoms with Gasteiger partial charge in [-0.15, -0.1) is 0 Å². The molecule has 0 atom stereocenters. The molecule has 0 N–H and O–H groups in total. The molecule has 0 heterocycles. The summed E-state index contributed by atoms with van der Waals surface area (Å²) < 4.78 is 1.09. The summed E-state index contributed by atoms with van der Waals surface area (Å²) >= 11 is 3.51. The standard InChI is InChI=1S/C23H24BrN/c24-21-3-1-2-16(11-21)15-25-22-6-4-20(5-7-22)23-12-17-8-18(13-23)10-19(9-17)14-23/h1-7,11,15,17-19H,8-10,12-14H2. The molecule has 0 aromatic heterocycles. The summed E-state index contributed by atoms with van der Waals surface area (Å²) in [5.41, 5.74) is 4.24. The van der Waals surface area contributed by atoms with Crippen LogP contribution in [0, 0.1) is 17.8 Å². The average Bonchev–Trinajstić information content (AvgIpc) is 2.59. The maximum atomic E-state index is 4.66. The summed E-state index contributed by atoms with van der Waals surface area (Å²) in [6.07, 6.45) is 10.8. The van der Waals surface area contributed by atoms with Crippen molar-refractivity contribution in [1.29, 1.82) is 0 Å². The SMILES string of the molecule is Brc1cccc(C=Nc2ccc(C34CC5CC(CC(C5)C3)C4)cc2)c1. The number of rotatable bonds is 3. The predicted octanol–water partition coefficient (Wildman–Crippen LogP) is 6.67. The van der Waals surface area contributed by atoms with Crippen molar-refractivity contribution in [1.82, 2.24) is 0 Å². The first-order chi connectivity index (χ1) is 12.2. The quantitative estimate of drug-likeness (QED) is 0.516. The van der Waals surface area contributed by atoms with E-state index < -0.39 is 0 Å². The maximum Gasteiger partial charge on any atom is 0.0630 e. The Hall–Kier alpha value is -1.41. The van der Waals surface area contributed by atoms with E-state index in [2.05, 4.69) is 57.3 Å². The third kappa shape index (κ3) is 2.99. The Morgan fingerprint density at radius 1 is 0.880 bits per heavy atom. The van der Waals surface area contributed by atoms with E-state index in [1.807, 2.05) is 18.3 Å². The molecule has 4 saturated carbocycles. The lowest BCUT2D eigenvalue weighted by Gasteiger charge is -2.57. The van der Waals surface area contributed by atoms with Gasteiger partial charge < -0.3 is 0 Å². The molecule has 0 aliphatic heterocycles. The third-order valence-corrected chi connectivity index (χ3v) is 7.22. The molecule has 2 heteroatoms. The van der Waals surface area contributed by atoms with Crippen molar-refractivity contribution >= 4 is 27.8 Å². The molecule has 2 aromatic carbocycles. The molecule has 0 saturated heterocycles. The largest absolute Gasteiger partial charge is 0.256 e. The number of halogens is 1. The second-order valence-corrected chi connectivity index (χ2v) is 9.47. The van der Waals surface area contributed by atoms with Gasteiger partial charge in [0.15, 0.2) is 0 Å². The molecular weight excluding hydrogens is 370 g/mol. The van der Waals surface area contributed by atoms with Gasteiger partial charge >= 0.3 is 0 Å². The number of aliphatic imine (C=N–C) groups is 1. The Balaban J connectivity index is 1.37. The van der Waals surface area contributed by atoms with E-state index in [0.29, 0.717) is 5.41 Å². The van der Waals surface area contributed by atoms with Gasteiger partial charge in [-0.3, -0.25) is 4.99 Å². The van der Waals surface area contributed by atoms with Crippen LogP contribution in [0.25, 0.3) is 0 Å². The Kier molecular flexibility index (Phi) is 3.85. The van der Waals surface area contributed by atoms with Gasteiger partial charge in [-0.25, -0.2) is 0 Å². The smallest absolute Gasteiger partial charge is 0.0630 e. The maximum absolute atomic E-state index is 4.66. The van der Waals surface area contributed by atoms with Crippen LogP contribution in [-0.2, 0) is 5.41 Å². The minimum Gasteiger partial charge on any atom is -0.256 e. The minimum atomic E-state index is 0.487. The summed E-state index contributed by atoms with van der Waals surface area (Å²) in [5, 5.41) is 0. The molecule has 1 nitrogen and oxygen atoms in total. The van der Waals surface area contributed by atoms with Crippen LogP contribution in [0.1, 0.15) is 49.7 Å². The third-order valence-electron chi connectivity index (χ3n) is 6.73. The Bertz CT molecular complexity index is 770. The van der Waals surface area contributed by atoms with E-state index in [1.54, 1.807) is 5.56 Å². The molecule has 0 amide bonds. The second-order valence-electron chi connectivity index (χ2n) is 8.56. The molecule has 6 rings (SSSR count). The highest BCUT2D eigenvalue weighted by Crippen LogP contribution is 2.60. The van der Waals surface area contributed by atoms with E-state index in [0.717, 1.165) is 33.5 Å². The van der Waals surface area contributed by atoms with E-state index in [1.165, 1.54) is 38.5 Å². The summed E-state index contributed by atoms with van der Waals surface area (Å²) in [6, 6.07) is 17.4. The van der Waals surface area contributed by atoms with Crippen molar-refractivity contribution < 1.29 is 0 Å². The van der Waals surface area contributed by atoms with E-state index in [4.69, 9.17) is 0 Å². The lowest BCUT2D eigenvalue weighted by Crippen LogP contribution is -2.48. The van der Waals surface area contributed by atoms with Gasteiger partial charge in [0.25, 0.3) is 0 Å². The summed E-state index contributed by atoms with van der Waals surface area (Å²) in [7, 11) is 0. The van der Waals surface area contributed by atoms with Crippen LogP contribution in [-0.4, -0.2) is 6.21 Å². The zero-order valence-electron chi connectivity index (χ0n) is 14.5. The molecule has 0 spiro atoms. The summed E-state index contributed by atoms with van der Waals surface area (Å²) in [5.74, 6) is 3.00. The van der Waals surface area contributed by atoms with E-state index >= 15 is 0 Å². The van der Waals surface area contributed by atoms with Crippen LogP contribution in [0.15, 0.2) is 58.0 Å². The van der Waals surface area contributed by atoms with Crippen LogP contribution in [0.5, 0.6) is 0 Å². The van der Waals surface area contributed by atoms with Crippen molar-refractivity contribution in [3.8, 4) is 0 Å². The van der Waals surface area contributed by atoms with Gasteiger partial charge in [-0.1, -0.05) is 40.2 Å². The van der Waals surface area contributed by atoms with Gasteiger partial charge in [0, 0.05) is 10.7 Å². The predicted molar refractivity (Wildman–Crippen MR) is 108 cm³/mol. The highest BCUT2D eigenvalue weighted by atomic mass is 79.9. The van der Waals surface area contributed by atoms with E-state index in [9.17, 15) is 0 Å². The highest BCUT2D eigenvalue weighted by molar-refractivity contribution is 9.10. The molecule has 4 aliphatic carbocycles. The van der Waals surface area contributed by atoms with Gasteiger partial charge in [0.05, 0.1) is 5.69 Å². The average molecular weight is 394 g/mol.